The van der Waals surface area contributed by atoms with Crippen LogP contribution in [0.15, 0.2) is 12.2 Å². The zero-order valence-corrected chi connectivity index (χ0v) is 18.5. The van der Waals surface area contributed by atoms with E-state index in [0.29, 0.717) is 19.6 Å². The maximum atomic E-state index is 11.7. The van der Waals surface area contributed by atoms with Crippen molar-refractivity contribution in [1.29, 1.82) is 0 Å². The molecule has 0 bridgehead atoms. The Morgan fingerprint density at radius 2 is 1.39 bits per heavy atom. The number of ether oxygens (including phenoxy) is 1. The summed E-state index contributed by atoms with van der Waals surface area (Å²) >= 11 is 0. The Bertz CT molecular complexity index is 446. The van der Waals surface area contributed by atoms with Crippen LogP contribution in [0.3, 0.4) is 0 Å². The molecule has 0 aliphatic carbocycles. The second-order valence-corrected chi connectivity index (χ2v) is 9.17. The molecule has 0 atom stereocenters. The van der Waals surface area contributed by atoms with Crippen LogP contribution in [0.25, 0.3) is 0 Å². The average molecular weight is 399 g/mol. The third-order valence-corrected chi connectivity index (χ3v) is 3.79. The summed E-state index contributed by atoms with van der Waals surface area (Å²) in [6.45, 7) is 14.5. The van der Waals surface area contributed by atoms with E-state index in [0.717, 1.165) is 45.1 Å². The number of carbonyl (C=O) groups is 2. The van der Waals surface area contributed by atoms with E-state index in [1.54, 1.807) is 6.08 Å². The lowest BCUT2D eigenvalue weighted by atomic mass is 9.96. The van der Waals surface area contributed by atoms with E-state index >= 15 is 0 Å². The van der Waals surface area contributed by atoms with Crippen LogP contribution in [0.4, 0.5) is 0 Å². The topological polar surface area (TPSA) is 67.4 Å². The molecule has 0 aliphatic rings. The van der Waals surface area contributed by atoms with Gasteiger partial charge in [0.1, 0.15) is 0 Å². The van der Waals surface area contributed by atoms with Crippen LogP contribution in [0.2, 0.25) is 0 Å². The number of nitrogens with one attached hydrogen (secondary N) is 2. The number of carbonyl (C=O) groups excluding carboxylic acids is 2. The molecule has 2 amide bonds. The van der Waals surface area contributed by atoms with Gasteiger partial charge in [-0.05, 0) is 57.9 Å². The maximum Gasteiger partial charge on any atom is 0.243 e. The summed E-state index contributed by atoms with van der Waals surface area (Å²) in [6.07, 6.45) is 9.96. The molecule has 0 saturated heterocycles. The van der Waals surface area contributed by atoms with Crippen molar-refractivity contribution < 1.29 is 14.3 Å². The van der Waals surface area contributed by atoms with Gasteiger partial charge in [0, 0.05) is 26.1 Å². The van der Waals surface area contributed by atoms with Crippen molar-refractivity contribution >= 4 is 11.8 Å². The standard InChI is InChI=1S/C22H42N2O3.CH4/c1-21(2,3)15-14-20(26)24-17-11-8-7-10-16-23-19(25)13-9-12-18-27-22(4,5)6;/h14-15H,7-13,16-18H2,1-6H3,(H,23,25)(H,24,26);1H4/b15-14+;. The highest BCUT2D eigenvalue weighted by Crippen LogP contribution is 2.14. The molecule has 0 fully saturated rings. The first kappa shape index (κ1) is 28.8. The van der Waals surface area contributed by atoms with Crippen LogP contribution in [0, 0.1) is 5.41 Å². The number of rotatable bonds is 13. The fourth-order valence-electron chi connectivity index (χ4n) is 2.28. The third kappa shape index (κ3) is 22.7. The minimum absolute atomic E-state index is 0. The molecule has 0 rings (SSSR count). The fourth-order valence-corrected chi connectivity index (χ4v) is 2.28. The summed E-state index contributed by atoms with van der Waals surface area (Å²) in [7, 11) is 0. The molecule has 0 spiro atoms. The molecule has 2 N–H and O–H groups in total. The predicted octanol–water partition coefficient (Wildman–Crippen LogP) is 5.00. The van der Waals surface area contributed by atoms with E-state index in [-0.39, 0.29) is 30.3 Å². The summed E-state index contributed by atoms with van der Waals surface area (Å²) in [5.74, 6) is 0.105. The van der Waals surface area contributed by atoms with E-state index in [9.17, 15) is 9.59 Å². The van der Waals surface area contributed by atoms with E-state index in [1.807, 2.05) is 26.8 Å². The second-order valence-electron chi connectivity index (χ2n) is 9.17. The first-order valence-corrected chi connectivity index (χ1v) is 10.4. The number of hydrogen-bond donors (Lipinski definition) is 2. The lowest BCUT2D eigenvalue weighted by molar-refractivity contribution is -0.121. The van der Waals surface area contributed by atoms with Crippen LogP contribution >= 0.6 is 0 Å². The smallest absolute Gasteiger partial charge is 0.243 e. The van der Waals surface area contributed by atoms with Gasteiger partial charge in [-0.1, -0.05) is 47.1 Å². The van der Waals surface area contributed by atoms with Gasteiger partial charge in [0.2, 0.25) is 11.8 Å². The molecule has 0 aliphatic heterocycles. The van der Waals surface area contributed by atoms with Crippen LogP contribution in [0.5, 0.6) is 0 Å². The number of unbranched alkanes of at least 4 members (excludes halogenated alkanes) is 4. The molecule has 0 aromatic carbocycles. The van der Waals surface area contributed by atoms with Gasteiger partial charge in [-0.25, -0.2) is 0 Å². The second kappa shape index (κ2) is 15.5. The molecule has 0 radical (unpaired) electrons. The van der Waals surface area contributed by atoms with Crippen molar-refractivity contribution in [3.8, 4) is 0 Å². The minimum atomic E-state index is -0.103. The highest BCUT2D eigenvalue weighted by Gasteiger charge is 2.09. The van der Waals surface area contributed by atoms with Crippen LogP contribution < -0.4 is 10.6 Å². The highest BCUT2D eigenvalue weighted by atomic mass is 16.5. The minimum Gasteiger partial charge on any atom is -0.376 e. The van der Waals surface area contributed by atoms with Gasteiger partial charge < -0.3 is 15.4 Å². The van der Waals surface area contributed by atoms with Crippen molar-refractivity contribution in [2.24, 2.45) is 5.41 Å². The van der Waals surface area contributed by atoms with Crippen LogP contribution in [0.1, 0.15) is 93.9 Å². The zero-order chi connectivity index (χ0) is 20.8. The SMILES string of the molecule is C.CC(C)(C)/C=C/C(=O)NCCCCCCNC(=O)CCCCOC(C)(C)C. The molecule has 5 nitrogen and oxygen atoms in total. The van der Waals surface area contributed by atoms with E-state index < -0.39 is 0 Å². The van der Waals surface area contributed by atoms with E-state index in [1.165, 1.54) is 0 Å². The van der Waals surface area contributed by atoms with Gasteiger partial charge in [-0.2, -0.15) is 0 Å². The Morgan fingerprint density at radius 1 is 0.821 bits per heavy atom. The Balaban J connectivity index is 0. The van der Waals surface area contributed by atoms with Crippen molar-refractivity contribution in [2.75, 3.05) is 19.7 Å². The summed E-state index contributed by atoms with van der Waals surface area (Å²) in [4.78, 5) is 23.4. The average Bonchev–Trinajstić information content (AvgIpc) is 2.53. The maximum absolute atomic E-state index is 11.7. The highest BCUT2D eigenvalue weighted by molar-refractivity contribution is 5.87. The monoisotopic (exact) mass is 398 g/mol. The Hall–Kier alpha value is -1.36. The van der Waals surface area contributed by atoms with Gasteiger partial charge in [0.05, 0.1) is 5.60 Å². The summed E-state index contributed by atoms with van der Waals surface area (Å²) in [5, 5.41) is 5.87. The summed E-state index contributed by atoms with van der Waals surface area (Å²) in [5.41, 5.74) is -0.0732. The van der Waals surface area contributed by atoms with E-state index in [2.05, 4.69) is 31.4 Å². The number of allylic oxidation sites excluding steroid dienone is 1. The van der Waals surface area contributed by atoms with E-state index in [4.69, 9.17) is 4.74 Å². The molecule has 0 heterocycles. The van der Waals surface area contributed by atoms with Crippen LogP contribution in [-0.4, -0.2) is 37.1 Å². The van der Waals surface area contributed by atoms with Crippen molar-refractivity contribution in [2.45, 2.75) is 99.5 Å². The molecule has 0 saturated carbocycles. The van der Waals surface area contributed by atoms with Crippen molar-refractivity contribution in [1.82, 2.24) is 10.6 Å². The molecule has 5 heteroatoms. The molecule has 0 unspecified atom stereocenters. The summed E-state index contributed by atoms with van der Waals surface area (Å²) in [6, 6.07) is 0. The molecule has 166 valence electrons. The van der Waals surface area contributed by atoms with Gasteiger partial charge >= 0.3 is 0 Å². The zero-order valence-electron chi connectivity index (χ0n) is 18.5. The normalized spacial score (nSPS) is 11.9. The van der Waals surface area contributed by atoms with Gasteiger partial charge in [-0.3, -0.25) is 9.59 Å². The Kier molecular flexibility index (Phi) is 16.0. The lowest BCUT2D eigenvalue weighted by Crippen LogP contribution is -2.24. The Labute approximate surface area is 174 Å². The van der Waals surface area contributed by atoms with Crippen molar-refractivity contribution in [3.05, 3.63) is 12.2 Å². The summed E-state index contributed by atoms with van der Waals surface area (Å²) < 4.78 is 5.64. The first-order valence-electron chi connectivity index (χ1n) is 10.4. The van der Waals surface area contributed by atoms with Crippen molar-refractivity contribution in [3.63, 3.8) is 0 Å². The molecule has 28 heavy (non-hydrogen) atoms. The molecular weight excluding hydrogens is 352 g/mol. The van der Waals surface area contributed by atoms with Gasteiger partial charge in [0.25, 0.3) is 0 Å². The number of amides is 2. The fraction of sp³-hybridized carbons (Fsp3) is 0.826. The third-order valence-electron chi connectivity index (χ3n) is 3.79. The van der Waals surface area contributed by atoms with Crippen LogP contribution in [-0.2, 0) is 14.3 Å². The molecular formula is C23H46N2O3. The molecule has 0 aromatic rings. The quantitative estimate of drug-likeness (QED) is 0.339. The number of hydrogen-bond acceptors (Lipinski definition) is 3. The molecule has 0 aromatic heterocycles. The Morgan fingerprint density at radius 3 is 1.93 bits per heavy atom. The lowest BCUT2D eigenvalue weighted by Gasteiger charge is -2.19. The van der Waals surface area contributed by atoms with Gasteiger partial charge in [-0.15, -0.1) is 0 Å². The predicted molar refractivity (Wildman–Crippen MR) is 119 cm³/mol. The largest absolute Gasteiger partial charge is 0.376 e. The van der Waals surface area contributed by atoms with Gasteiger partial charge in [0.15, 0.2) is 0 Å². The first-order chi connectivity index (χ1) is 12.5.